The fourth-order valence-corrected chi connectivity index (χ4v) is 6.94. The van der Waals surface area contributed by atoms with Gasteiger partial charge in [0, 0.05) is 20.0 Å². The van der Waals surface area contributed by atoms with Gasteiger partial charge in [0.2, 0.25) is 0 Å². The molecule has 0 heterocycles. The van der Waals surface area contributed by atoms with E-state index in [0.29, 0.717) is 0 Å². The van der Waals surface area contributed by atoms with Crippen molar-refractivity contribution in [2.75, 3.05) is 20.0 Å². The molecule has 0 saturated carbocycles. The van der Waals surface area contributed by atoms with Crippen LogP contribution in [0, 0.1) is 0 Å². The second kappa shape index (κ2) is 7.34. The van der Waals surface area contributed by atoms with E-state index >= 15 is 0 Å². The molecule has 0 aromatic carbocycles. The maximum Gasteiger partial charge on any atom is 0.0815 e. The Balaban J connectivity index is 3.46. The van der Waals surface area contributed by atoms with Crippen molar-refractivity contribution in [1.29, 1.82) is 0 Å². The Bertz CT molecular complexity index is 113. The van der Waals surface area contributed by atoms with Crippen molar-refractivity contribution < 1.29 is 0 Å². The minimum absolute atomic E-state index is 1.10. The van der Waals surface area contributed by atoms with E-state index in [9.17, 15) is 0 Å². The lowest BCUT2D eigenvalue weighted by Gasteiger charge is -2.27. The van der Waals surface area contributed by atoms with Crippen molar-refractivity contribution in [2.45, 2.75) is 0 Å². The topological polar surface area (TPSA) is 21.8 Å². The molecular weight excluding hydrogens is 232 g/mol. The quantitative estimate of drug-likeness (QED) is 0.376. The molecule has 9 heteroatoms. The predicted octanol–water partition coefficient (Wildman–Crippen LogP) is -7.24. The average Bonchev–Trinajstić information content (AvgIpc) is 1.84. The summed E-state index contributed by atoms with van der Waals surface area (Å²) in [6.07, 6.45) is 0. The van der Waals surface area contributed by atoms with E-state index in [0.717, 1.165) is 17.1 Å². The molecule has 0 amide bonds. The highest BCUT2D eigenvalue weighted by Crippen LogP contribution is 1.85. The Morgan fingerprint density at radius 1 is 0.917 bits per heavy atom. The van der Waals surface area contributed by atoms with Gasteiger partial charge in [-0.3, -0.25) is 0 Å². The number of nitrogens with zero attached hydrogens (tertiary/aromatic N) is 3. The van der Waals surface area contributed by atoms with Crippen LogP contribution in [-0.2, 0) is 0 Å². The molecule has 0 aromatic heterocycles. The van der Waals surface area contributed by atoms with Gasteiger partial charge in [-0.15, -0.1) is 0 Å². The van der Waals surface area contributed by atoms with Crippen LogP contribution in [0.4, 0.5) is 0 Å². The third-order valence-electron chi connectivity index (χ3n) is 1.44. The van der Waals surface area contributed by atoms with Crippen LogP contribution in [0.2, 0.25) is 0 Å². The van der Waals surface area contributed by atoms with Crippen molar-refractivity contribution in [3.8, 4) is 0 Å². The van der Waals surface area contributed by atoms with Gasteiger partial charge < -0.3 is 18.3 Å². The lowest BCUT2D eigenvalue weighted by atomic mass is 10.9. The number of hydrogen-bond acceptors (Lipinski definition) is 4. The maximum atomic E-state index is 3.32. The minimum atomic E-state index is 1.10. The van der Waals surface area contributed by atoms with Gasteiger partial charge in [-0.1, -0.05) is 0 Å². The first-order chi connectivity index (χ1) is 5.56. The normalized spacial score (nSPS) is 13.2. The van der Waals surface area contributed by atoms with E-state index in [1.165, 1.54) is 55.0 Å². The van der Waals surface area contributed by atoms with Crippen molar-refractivity contribution >= 4 is 52.0 Å². The molecule has 0 saturated heterocycles. The van der Waals surface area contributed by atoms with E-state index in [1.807, 2.05) is 0 Å². The SMILES string of the molecule is [SiH3]NCN([SiH3])CN([SiH3])CN([SiH3])[SiH3]. The first kappa shape index (κ1) is 12.9. The summed E-state index contributed by atoms with van der Waals surface area (Å²) in [7, 11) is 5.94. The first-order valence-corrected chi connectivity index (χ1v) is 8.80. The van der Waals surface area contributed by atoms with Gasteiger partial charge in [0.25, 0.3) is 0 Å². The third kappa shape index (κ3) is 7.57. The summed E-state index contributed by atoms with van der Waals surface area (Å²) in [6.45, 7) is 3.48. The van der Waals surface area contributed by atoms with Crippen LogP contribution in [0.5, 0.6) is 0 Å². The molecule has 0 rings (SSSR count). The zero-order chi connectivity index (χ0) is 9.56. The summed E-state index contributed by atoms with van der Waals surface area (Å²) in [5, 5.41) is 0. The van der Waals surface area contributed by atoms with Crippen molar-refractivity contribution in [3.63, 3.8) is 0 Å². The highest BCUT2D eigenvalue weighted by atomic mass is 28.2. The van der Waals surface area contributed by atoms with Gasteiger partial charge in [0.05, 0.1) is 52.0 Å². The molecule has 4 nitrogen and oxygen atoms in total. The Morgan fingerprint density at radius 2 is 1.50 bits per heavy atom. The molecule has 0 unspecified atom stereocenters. The number of hydrogen-bond donors (Lipinski definition) is 1. The van der Waals surface area contributed by atoms with Gasteiger partial charge in [-0.25, -0.2) is 0 Å². The van der Waals surface area contributed by atoms with Gasteiger partial charge >= 0.3 is 0 Å². The van der Waals surface area contributed by atoms with Crippen molar-refractivity contribution in [2.24, 2.45) is 0 Å². The molecule has 0 fully saturated rings. The fraction of sp³-hybridized carbons (Fsp3) is 1.00. The van der Waals surface area contributed by atoms with Crippen LogP contribution in [0.1, 0.15) is 0 Å². The summed E-state index contributed by atoms with van der Waals surface area (Å²) in [5.74, 6) is 0. The summed E-state index contributed by atoms with van der Waals surface area (Å²) >= 11 is 0. The highest BCUT2D eigenvalue weighted by molar-refractivity contribution is 6.25. The van der Waals surface area contributed by atoms with E-state index in [1.54, 1.807) is 0 Å². The second-order valence-electron chi connectivity index (χ2n) is 3.59. The Hall–Kier alpha value is 0.924. The van der Waals surface area contributed by atoms with Gasteiger partial charge in [0.1, 0.15) is 0 Å². The lowest BCUT2D eigenvalue weighted by Crippen LogP contribution is -2.43. The van der Waals surface area contributed by atoms with Crippen LogP contribution in [0.25, 0.3) is 0 Å². The van der Waals surface area contributed by atoms with Crippen LogP contribution in [0.15, 0.2) is 0 Å². The zero-order valence-corrected chi connectivity index (χ0v) is 19.0. The fourth-order valence-electron chi connectivity index (χ4n) is 1.26. The molecule has 1 N–H and O–H groups in total. The van der Waals surface area contributed by atoms with Crippen molar-refractivity contribution in [3.05, 3.63) is 0 Å². The molecule has 0 spiro atoms. The Kier molecular flexibility index (Phi) is 7.91. The molecule has 0 aliphatic heterocycles. The standard InChI is InChI=1S/C3H22N4Si5/c8-4-1-5(9)2-6(10)3-7(11)12/h4H,1-3H2,8-12H3. The molecule has 0 aliphatic carbocycles. The summed E-state index contributed by atoms with van der Waals surface area (Å²) in [5.41, 5.74) is 0. The molecule has 0 bridgehead atoms. The number of nitrogens with one attached hydrogen (secondary N) is 1. The smallest absolute Gasteiger partial charge is 0.0815 e. The molecule has 0 aromatic rings. The van der Waals surface area contributed by atoms with Crippen molar-refractivity contribution in [1.82, 2.24) is 18.3 Å². The summed E-state index contributed by atoms with van der Waals surface area (Å²) < 4.78 is 7.48. The monoisotopic (exact) mass is 254 g/mol. The largest absolute Gasteiger partial charge is 0.349 e. The number of rotatable bonds is 6. The molecule has 74 valence electrons. The lowest BCUT2D eigenvalue weighted by molar-refractivity contribution is 0.278. The zero-order valence-electron chi connectivity index (χ0n) is 8.96. The van der Waals surface area contributed by atoms with Gasteiger partial charge in [0.15, 0.2) is 0 Å². The summed E-state index contributed by atoms with van der Waals surface area (Å²) in [4.78, 5) is 3.32. The van der Waals surface area contributed by atoms with Crippen LogP contribution >= 0.6 is 0 Å². The first-order valence-electron chi connectivity index (χ1n) is 4.22. The minimum Gasteiger partial charge on any atom is -0.349 e. The van der Waals surface area contributed by atoms with E-state index < -0.39 is 0 Å². The highest BCUT2D eigenvalue weighted by Gasteiger charge is 2.01. The Labute approximate surface area is 90.6 Å². The summed E-state index contributed by atoms with van der Waals surface area (Å²) in [6, 6.07) is 0. The molecule has 12 heavy (non-hydrogen) atoms. The molecule has 0 radical (unpaired) electrons. The molecule has 0 aliphatic rings. The predicted molar refractivity (Wildman–Crippen MR) is 72.9 cm³/mol. The van der Waals surface area contributed by atoms with Gasteiger partial charge in [-0.05, 0) is 0 Å². The average molecular weight is 255 g/mol. The molecular formula is C3H22N4Si5. The van der Waals surface area contributed by atoms with Crippen LogP contribution in [-0.4, -0.2) is 85.4 Å². The maximum absolute atomic E-state index is 3.32. The molecule has 0 atom stereocenters. The Morgan fingerprint density at radius 3 is 1.92 bits per heavy atom. The van der Waals surface area contributed by atoms with E-state index in [-0.39, 0.29) is 0 Å². The van der Waals surface area contributed by atoms with Gasteiger partial charge in [-0.2, -0.15) is 0 Å². The third-order valence-corrected chi connectivity index (χ3v) is 3.48. The van der Waals surface area contributed by atoms with Crippen LogP contribution < -0.4 is 4.98 Å². The second-order valence-corrected chi connectivity index (χ2v) is 11.7. The van der Waals surface area contributed by atoms with Crippen LogP contribution in [0.3, 0.4) is 0 Å². The van der Waals surface area contributed by atoms with E-state index in [4.69, 9.17) is 0 Å². The van der Waals surface area contributed by atoms with E-state index in [2.05, 4.69) is 18.3 Å².